The van der Waals surface area contributed by atoms with Crippen LogP contribution in [0.4, 0.5) is 0 Å². The Balaban J connectivity index is 1.86. The van der Waals surface area contributed by atoms with Crippen molar-refractivity contribution in [3.63, 3.8) is 0 Å². The van der Waals surface area contributed by atoms with Gasteiger partial charge in [-0.3, -0.25) is 14.8 Å². The second-order valence-corrected chi connectivity index (χ2v) is 5.66. The molecule has 0 saturated carbocycles. The lowest BCUT2D eigenvalue weighted by Crippen LogP contribution is -2.35. The van der Waals surface area contributed by atoms with Crippen molar-refractivity contribution in [1.29, 1.82) is 0 Å². The highest BCUT2D eigenvalue weighted by Crippen LogP contribution is 2.12. The summed E-state index contributed by atoms with van der Waals surface area (Å²) in [7, 11) is 0. The van der Waals surface area contributed by atoms with Crippen LogP contribution in [0, 0.1) is 0 Å². The van der Waals surface area contributed by atoms with E-state index in [1.807, 2.05) is 25.1 Å². The molecule has 1 atom stereocenters. The van der Waals surface area contributed by atoms with Crippen molar-refractivity contribution >= 4 is 5.65 Å². The maximum Gasteiger partial charge on any atom is 0.272 e. The molecule has 1 unspecified atom stereocenters. The van der Waals surface area contributed by atoms with E-state index < -0.39 is 0 Å². The zero-order valence-corrected chi connectivity index (χ0v) is 13.0. The highest BCUT2D eigenvalue weighted by atomic mass is 16.3. The minimum absolute atomic E-state index is 0.0262. The number of hydrogen-bond donors (Lipinski definition) is 2. The summed E-state index contributed by atoms with van der Waals surface area (Å²) in [5, 5.41) is 12.4. The number of nitrogens with one attached hydrogen (secondary N) is 1. The normalized spacial score (nSPS) is 12.8. The minimum atomic E-state index is -0.133. The maximum atomic E-state index is 12.1. The number of aromatic nitrogens is 3. The fraction of sp³-hybridized carbons (Fsp3) is 0.294. The average molecular weight is 312 g/mol. The van der Waals surface area contributed by atoms with Crippen LogP contribution in [0.1, 0.15) is 18.2 Å². The third kappa shape index (κ3) is 3.49. The molecule has 23 heavy (non-hydrogen) atoms. The van der Waals surface area contributed by atoms with E-state index in [9.17, 15) is 9.90 Å². The fourth-order valence-electron chi connectivity index (χ4n) is 2.57. The zero-order chi connectivity index (χ0) is 16.2. The predicted molar refractivity (Wildman–Crippen MR) is 88.0 cm³/mol. The Labute approximate surface area is 134 Å². The number of nitrogens with zero attached hydrogens (tertiary/aromatic N) is 3. The molecule has 120 valence electrons. The van der Waals surface area contributed by atoms with Gasteiger partial charge in [-0.2, -0.15) is 0 Å². The molecule has 0 spiro atoms. The van der Waals surface area contributed by atoms with Crippen LogP contribution in [-0.2, 0) is 13.1 Å². The van der Waals surface area contributed by atoms with E-state index in [1.165, 1.54) is 10.6 Å². The van der Waals surface area contributed by atoms with Gasteiger partial charge in [0.05, 0.1) is 12.3 Å². The number of fused-ring (bicyclic) bond motifs is 1. The van der Waals surface area contributed by atoms with E-state index in [0.717, 1.165) is 5.56 Å². The summed E-state index contributed by atoms with van der Waals surface area (Å²) in [6.45, 7) is 3.22. The molecule has 6 heteroatoms. The van der Waals surface area contributed by atoms with Gasteiger partial charge in [-0.15, -0.1) is 0 Å². The van der Waals surface area contributed by atoms with Gasteiger partial charge in [0.25, 0.3) is 5.56 Å². The van der Waals surface area contributed by atoms with Gasteiger partial charge in [0.2, 0.25) is 0 Å². The maximum absolute atomic E-state index is 12.1. The van der Waals surface area contributed by atoms with Crippen LogP contribution in [0.25, 0.3) is 5.65 Å². The molecule has 0 aliphatic heterocycles. The Kier molecular flexibility index (Phi) is 4.55. The smallest absolute Gasteiger partial charge is 0.272 e. The second-order valence-electron chi connectivity index (χ2n) is 5.66. The third-order valence-electron chi connectivity index (χ3n) is 3.91. The fourth-order valence-corrected chi connectivity index (χ4v) is 2.57. The summed E-state index contributed by atoms with van der Waals surface area (Å²) in [6.07, 6.45) is 1.69. The highest BCUT2D eigenvalue weighted by molar-refractivity contribution is 5.36. The van der Waals surface area contributed by atoms with Gasteiger partial charge in [-0.05, 0) is 12.5 Å². The first-order chi connectivity index (χ1) is 11.2. The number of aliphatic hydroxyl groups is 1. The topological polar surface area (TPSA) is 73.6 Å². The third-order valence-corrected chi connectivity index (χ3v) is 3.91. The lowest BCUT2D eigenvalue weighted by atomic mass is 10.1. The number of H-pyrrole nitrogens is 1. The van der Waals surface area contributed by atoms with Gasteiger partial charge >= 0.3 is 0 Å². The van der Waals surface area contributed by atoms with Crippen molar-refractivity contribution in [2.45, 2.75) is 26.1 Å². The first kappa shape index (κ1) is 15.5. The van der Waals surface area contributed by atoms with Crippen LogP contribution in [0.2, 0.25) is 0 Å². The van der Waals surface area contributed by atoms with Crippen LogP contribution < -0.4 is 5.56 Å². The van der Waals surface area contributed by atoms with Gasteiger partial charge in [0, 0.05) is 37.5 Å². The van der Waals surface area contributed by atoms with E-state index in [4.69, 9.17) is 0 Å². The molecule has 0 amide bonds. The Morgan fingerprint density at radius 3 is 2.78 bits per heavy atom. The van der Waals surface area contributed by atoms with Crippen molar-refractivity contribution in [2.24, 2.45) is 0 Å². The molecule has 3 aromatic rings. The molecule has 0 aliphatic rings. The SMILES string of the molecule is CC(CO)N(Cc1ccccc1)Cc1cc(=O)n2[nH]ccc2n1. The van der Waals surface area contributed by atoms with E-state index in [1.54, 1.807) is 12.3 Å². The quantitative estimate of drug-likeness (QED) is 0.722. The molecule has 6 nitrogen and oxygen atoms in total. The van der Waals surface area contributed by atoms with Gasteiger partial charge in [-0.1, -0.05) is 30.3 Å². The van der Waals surface area contributed by atoms with Gasteiger partial charge in [0.15, 0.2) is 5.65 Å². The van der Waals surface area contributed by atoms with Crippen LogP contribution in [0.15, 0.2) is 53.5 Å². The van der Waals surface area contributed by atoms with Gasteiger partial charge < -0.3 is 5.11 Å². The van der Waals surface area contributed by atoms with Crippen molar-refractivity contribution in [3.05, 3.63) is 70.3 Å². The van der Waals surface area contributed by atoms with Gasteiger partial charge in [0.1, 0.15) is 0 Å². The van der Waals surface area contributed by atoms with Crippen LogP contribution >= 0.6 is 0 Å². The van der Waals surface area contributed by atoms with Crippen molar-refractivity contribution in [1.82, 2.24) is 19.5 Å². The van der Waals surface area contributed by atoms with E-state index in [0.29, 0.717) is 24.4 Å². The first-order valence-corrected chi connectivity index (χ1v) is 7.62. The molecule has 2 N–H and O–H groups in total. The molecular weight excluding hydrogens is 292 g/mol. The summed E-state index contributed by atoms with van der Waals surface area (Å²) in [5.74, 6) is 0. The molecule has 2 heterocycles. The van der Waals surface area contributed by atoms with Crippen LogP contribution in [-0.4, -0.2) is 37.3 Å². The molecule has 0 radical (unpaired) electrons. The van der Waals surface area contributed by atoms with Crippen molar-refractivity contribution in [3.8, 4) is 0 Å². The predicted octanol–water partition coefficient (Wildman–Crippen LogP) is 1.41. The zero-order valence-electron chi connectivity index (χ0n) is 13.0. The molecule has 0 fully saturated rings. The van der Waals surface area contributed by atoms with Crippen LogP contribution in [0.3, 0.4) is 0 Å². The Morgan fingerprint density at radius 2 is 2.04 bits per heavy atom. The summed E-state index contributed by atoms with van der Waals surface area (Å²) < 4.78 is 1.40. The summed E-state index contributed by atoms with van der Waals surface area (Å²) >= 11 is 0. The highest BCUT2D eigenvalue weighted by Gasteiger charge is 2.15. The molecule has 2 aromatic heterocycles. The monoisotopic (exact) mass is 312 g/mol. The minimum Gasteiger partial charge on any atom is -0.395 e. The lowest BCUT2D eigenvalue weighted by Gasteiger charge is -2.27. The number of benzene rings is 1. The Hall–Kier alpha value is -2.44. The molecule has 3 rings (SSSR count). The molecule has 0 aliphatic carbocycles. The number of aromatic amines is 1. The summed E-state index contributed by atoms with van der Waals surface area (Å²) in [5.41, 5.74) is 2.33. The average Bonchev–Trinajstić information content (AvgIpc) is 3.03. The number of hydrogen-bond acceptors (Lipinski definition) is 4. The molecule has 0 saturated heterocycles. The molecule has 1 aromatic carbocycles. The standard InChI is InChI=1S/C17H20N4O2/c1-13(12-22)20(10-14-5-3-2-4-6-14)11-15-9-17(23)21-16(19-15)7-8-18-21/h2-9,13,18,22H,10-12H2,1H3. The first-order valence-electron chi connectivity index (χ1n) is 7.62. The molecular formula is C17H20N4O2. The Bertz CT molecular complexity index is 825. The number of rotatable bonds is 6. The summed E-state index contributed by atoms with van der Waals surface area (Å²) in [6, 6.07) is 13.3. The van der Waals surface area contributed by atoms with Crippen molar-refractivity contribution in [2.75, 3.05) is 6.61 Å². The van der Waals surface area contributed by atoms with E-state index in [-0.39, 0.29) is 18.2 Å². The number of aliphatic hydroxyl groups excluding tert-OH is 1. The second kappa shape index (κ2) is 6.76. The van der Waals surface area contributed by atoms with Gasteiger partial charge in [-0.25, -0.2) is 9.50 Å². The van der Waals surface area contributed by atoms with E-state index >= 15 is 0 Å². The van der Waals surface area contributed by atoms with Crippen LogP contribution in [0.5, 0.6) is 0 Å². The Morgan fingerprint density at radius 1 is 1.26 bits per heavy atom. The van der Waals surface area contributed by atoms with E-state index in [2.05, 4.69) is 27.1 Å². The molecule has 0 bridgehead atoms. The lowest BCUT2D eigenvalue weighted by molar-refractivity contribution is 0.120. The van der Waals surface area contributed by atoms with Crippen molar-refractivity contribution < 1.29 is 5.11 Å². The largest absolute Gasteiger partial charge is 0.395 e. The summed E-state index contributed by atoms with van der Waals surface area (Å²) in [4.78, 5) is 18.7.